The Morgan fingerprint density at radius 2 is 2.17 bits per heavy atom. The monoisotopic (exact) mass is 244 g/mol. The first kappa shape index (κ1) is 10.9. The number of aryl methyl sites for hydroxylation is 1. The third-order valence-corrected chi connectivity index (χ3v) is 3.15. The highest BCUT2D eigenvalue weighted by Gasteiger charge is 2.26. The van der Waals surface area contributed by atoms with E-state index in [-0.39, 0.29) is 5.92 Å². The van der Waals surface area contributed by atoms with Gasteiger partial charge in [0, 0.05) is 24.4 Å². The van der Waals surface area contributed by atoms with Gasteiger partial charge in [-0.2, -0.15) is 5.10 Å². The Morgan fingerprint density at radius 1 is 1.39 bits per heavy atom. The summed E-state index contributed by atoms with van der Waals surface area (Å²) in [6.45, 7) is 0.406. The molecule has 6 heteroatoms. The number of nitrogens with zero attached hydrogens (tertiary/aromatic N) is 4. The molecule has 0 spiro atoms. The minimum absolute atomic E-state index is 0.357. The molecule has 0 bridgehead atoms. The van der Waals surface area contributed by atoms with Crippen LogP contribution in [0.5, 0.6) is 0 Å². The first-order valence-electron chi connectivity index (χ1n) is 5.81. The molecule has 0 aliphatic carbocycles. The normalized spacial score (nSPS) is 18.3. The first-order chi connectivity index (χ1) is 8.74. The van der Waals surface area contributed by atoms with Crippen LogP contribution in [0.3, 0.4) is 0 Å². The van der Waals surface area contributed by atoms with E-state index in [4.69, 9.17) is 5.11 Å². The van der Waals surface area contributed by atoms with Gasteiger partial charge in [0.15, 0.2) is 5.82 Å². The van der Waals surface area contributed by atoms with Crippen molar-refractivity contribution in [3.8, 4) is 11.4 Å². The summed E-state index contributed by atoms with van der Waals surface area (Å²) in [5.41, 5.74) is 0.902. The van der Waals surface area contributed by atoms with Crippen molar-refractivity contribution in [1.29, 1.82) is 0 Å². The average molecular weight is 244 g/mol. The Morgan fingerprint density at radius 3 is 2.89 bits per heavy atom. The molecular weight excluding hydrogens is 232 g/mol. The Bertz CT molecular complexity index is 579. The number of carboxylic acid groups (broad SMARTS) is 1. The fourth-order valence-electron chi connectivity index (χ4n) is 2.13. The molecule has 92 valence electrons. The molecule has 1 aliphatic rings. The molecule has 0 saturated carbocycles. The number of carboxylic acids is 1. The zero-order valence-corrected chi connectivity index (χ0v) is 9.65. The van der Waals surface area contributed by atoms with Gasteiger partial charge in [0.25, 0.3) is 0 Å². The van der Waals surface area contributed by atoms with E-state index in [0.29, 0.717) is 25.2 Å². The van der Waals surface area contributed by atoms with Gasteiger partial charge in [-0.3, -0.25) is 9.78 Å². The number of fused-ring (bicyclic) bond motifs is 1. The zero-order chi connectivity index (χ0) is 12.5. The van der Waals surface area contributed by atoms with Crippen LogP contribution in [0.25, 0.3) is 11.4 Å². The van der Waals surface area contributed by atoms with Gasteiger partial charge < -0.3 is 5.11 Å². The number of rotatable bonds is 2. The van der Waals surface area contributed by atoms with E-state index in [1.807, 2.05) is 12.1 Å². The summed E-state index contributed by atoms with van der Waals surface area (Å²) in [6.07, 6.45) is 4.67. The summed E-state index contributed by atoms with van der Waals surface area (Å²) in [7, 11) is 0. The van der Waals surface area contributed by atoms with Crippen LogP contribution in [-0.2, 0) is 17.8 Å². The molecule has 0 amide bonds. The SMILES string of the molecule is O=C(O)C1CCc2nc(-c3ccncc3)nn2C1. The average Bonchev–Trinajstić information content (AvgIpc) is 2.82. The third kappa shape index (κ3) is 1.85. The van der Waals surface area contributed by atoms with E-state index in [0.717, 1.165) is 11.4 Å². The number of aromatic nitrogens is 4. The van der Waals surface area contributed by atoms with Gasteiger partial charge in [0.05, 0.1) is 12.5 Å². The topological polar surface area (TPSA) is 80.9 Å². The van der Waals surface area contributed by atoms with Crippen molar-refractivity contribution in [2.45, 2.75) is 19.4 Å². The van der Waals surface area contributed by atoms with Crippen molar-refractivity contribution in [3.63, 3.8) is 0 Å². The molecule has 1 atom stereocenters. The third-order valence-electron chi connectivity index (χ3n) is 3.15. The second kappa shape index (κ2) is 4.21. The molecule has 0 aromatic carbocycles. The lowest BCUT2D eigenvalue weighted by molar-refractivity contribution is -0.142. The lowest BCUT2D eigenvalue weighted by atomic mass is 10.0. The number of hydrogen-bond donors (Lipinski definition) is 1. The van der Waals surface area contributed by atoms with Crippen LogP contribution in [-0.4, -0.2) is 30.8 Å². The molecule has 18 heavy (non-hydrogen) atoms. The first-order valence-corrected chi connectivity index (χ1v) is 5.81. The van der Waals surface area contributed by atoms with E-state index in [2.05, 4.69) is 15.1 Å². The smallest absolute Gasteiger partial charge is 0.308 e. The van der Waals surface area contributed by atoms with Crippen LogP contribution in [0, 0.1) is 5.92 Å². The number of hydrogen-bond acceptors (Lipinski definition) is 4. The summed E-state index contributed by atoms with van der Waals surface area (Å²) in [6, 6.07) is 3.69. The maximum Gasteiger partial charge on any atom is 0.308 e. The Kier molecular flexibility index (Phi) is 2.55. The van der Waals surface area contributed by atoms with Crippen LogP contribution < -0.4 is 0 Å². The lowest BCUT2D eigenvalue weighted by Gasteiger charge is -2.18. The number of carbonyl (C=O) groups is 1. The molecule has 3 heterocycles. The summed E-state index contributed by atoms with van der Waals surface area (Å²) < 4.78 is 1.71. The molecule has 3 rings (SSSR count). The minimum Gasteiger partial charge on any atom is -0.481 e. The van der Waals surface area contributed by atoms with Crippen LogP contribution in [0.4, 0.5) is 0 Å². The summed E-state index contributed by atoms with van der Waals surface area (Å²) in [4.78, 5) is 19.4. The second-order valence-corrected chi connectivity index (χ2v) is 4.34. The van der Waals surface area contributed by atoms with E-state index < -0.39 is 5.97 Å². The van der Waals surface area contributed by atoms with Crippen molar-refractivity contribution in [2.24, 2.45) is 5.92 Å². The number of pyridine rings is 1. The van der Waals surface area contributed by atoms with Crippen LogP contribution in [0.2, 0.25) is 0 Å². The minimum atomic E-state index is -0.762. The van der Waals surface area contributed by atoms with Crippen molar-refractivity contribution >= 4 is 5.97 Å². The van der Waals surface area contributed by atoms with Gasteiger partial charge in [0.2, 0.25) is 0 Å². The lowest BCUT2D eigenvalue weighted by Crippen LogP contribution is -2.27. The maximum atomic E-state index is 11.0. The highest BCUT2D eigenvalue weighted by molar-refractivity contribution is 5.70. The van der Waals surface area contributed by atoms with E-state index in [1.165, 1.54) is 0 Å². The van der Waals surface area contributed by atoms with E-state index in [1.54, 1.807) is 17.1 Å². The summed E-state index contributed by atoms with van der Waals surface area (Å²) >= 11 is 0. The Balaban J connectivity index is 1.92. The molecule has 0 saturated heterocycles. The molecular formula is C12H12N4O2. The molecule has 1 N–H and O–H groups in total. The molecule has 1 unspecified atom stereocenters. The van der Waals surface area contributed by atoms with Gasteiger partial charge >= 0.3 is 5.97 Å². The van der Waals surface area contributed by atoms with E-state index in [9.17, 15) is 4.79 Å². The van der Waals surface area contributed by atoms with Crippen LogP contribution >= 0.6 is 0 Å². The van der Waals surface area contributed by atoms with E-state index >= 15 is 0 Å². The van der Waals surface area contributed by atoms with Gasteiger partial charge in [0.1, 0.15) is 5.82 Å². The van der Waals surface area contributed by atoms with Gasteiger partial charge in [-0.05, 0) is 18.6 Å². The molecule has 1 aliphatic heterocycles. The standard InChI is InChI=1S/C12H12N4O2/c17-12(18)9-1-2-10-14-11(15-16(10)7-9)8-3-5-13-6-4-8/h3-6,9H,1-2,7H2,(H,17,18). The highest BCUT2D eigenvalue weighted by atomic mass is 16.4. The fourth-order valence-corrected chi connectivity index (χ4v) is 2.13. The summed E-state index contributed by atoms with van der Waals surface area (Å²) in [5.74, 6) is 0.379. The number of aliphatic carboxylic acids is 1. The molecule has 2 aromatic rings. The second-order valence-electron chi connectivity index (χ2n) is 4.34. The summed E-state index contributed by atoms with van der Waals surface area (Å²) in [5, 5.41) is 13.4. The van der Waals surface area contributed by atoms with Crippen molar-refractivity contribution in [2.75, 3.05) is 0 Å². The maximum absolute atomic E-state index is 11.0. The van der Waals surface area contributed by atoms with Crippen LogP contribution in [0.1, 0.15) is 12.2 Å². The van der Waals surface area contributed by atoms with Crippen molar-refractivity contribution in [1.82, 2.24) is 19.7 Å². The molecule has 0 radical (unpaired) electrons. The Hall–Kier alpha value is -2.24. The largest absolute Gasteiger partial charge is 0.481 e. The zero-order valence-electron chi connectivity index (χ0n) is 9.65. The predicted molar refractivity (Wildman–Crippen MR) is 62.7 cm³/mol. The van der Waals surface area contributed by atoms with Crippen molar-refractivity contribution < 1.29 is 9.90 Å². The van der Waals surface area contributed by atoms with Gasteiger partial charge in [-0.1, -0.05) is 0 Å². The molecule has 2 aromatic heterocycles. The fraction of sp³-hybridized carbons (Fsp3) is 0.333. The van der Waals surface area contributed by atoms with Gasteiger partial charge in [-0.15, -0.1) is 0 Å². The molecule has 6 nitrogen and oxygen atoms in total. The highest BCUT2D eigenvalue weighted by Crippen LogP contribution is 2.22. The Labute approximate surface area is 103 Å². The molecule has 0 fully saturated rings. The van der Waals surface area contributed by atoms with Crippen LogP contribution in [0.15, 0.2) is 24.5 Å². The van der Waals surface area contributed by atoms with Gasteiger partial charge in [-0.25, -0.2) is 9.67 Å². The quantitative estimate of drug-likeness (QED) is 0.851. The predicted octanol–water partition coefficient (Wildman–Crippen LogP) is 0.987. The van der Waals surface area contributed by atoms with Crippen molar-refractivity contribution in [3.05, 3.63) is 30.4 Å².